The number of nitrogens with zero attached hydrogens (tertiary/aromatic N) is 1. The monoisotopic (exact) mass is 454 g/mol. The van der Waals surface area contributed by atoms with Crippen molar-refractivity contribution in [1.29, 1.82) is 0 Å². The van der Waals surface area contributed by atoms with E-state index in [1.165, 1.54) is 0 Å². The Morgan fingerprint density at radius 2 is 2.03 bits per heavy atom. The average Bonchev–Trinajstić information content (AvgIpc) is 3.21. The van der Waals surface area contributed by atoms with Crippen LogP contribution in [0.3, 0.4) is 0 Å². The highest BCUT2D eigenvalue weighted by atomic mass is 79.9. The van der Waals surface area contributed by atoms with Gasteiger partial charge < -0.3 is 14.2 Å². The van der Waals surface area contributed by atoms with Crippen LogP contribution >= 0.6 is 15.9 Å². The second-order valence-electron chi connectivity index (χ2n) is 6.46. The van der Waals surface area contributed by atoms with Crippen LogP contribution in [0.15, 0.2) is 64.2 Å². The van der Waals surface area contributed by atoms with Gasteiger partial charge in [-0.05, 0) is 63.0 Å². The quantitative estimate of drug-likeness (QED) is 0.435. The molecule has 1 aliphatic heterocycles. The SMILES string of the molecule is CCC(Oc1ccc2ccccc2c1Br)C(=O)NN=Cc1ccc2c(c1)OCO2. The maximum atomic E-state index is 12.5. The van der Waals surface area contributed by atoms with Gasteiger partial charge in [0, 0.05) is 0 Å². The van der Waals surface area contributed by atoms with E-state index in [0.29, 0.717) is 23.7 Å². The predicted molar refractivity (Wildman–Crippen MR) is 115 cm³/mol. The standard InChI is InChI=1S/C22H19BrN2O4/c1-2-17(29-19-10-8-15-5-3-4-6-16(15)21(19)23)22(26)25-24-12-14-7-9-18-20(11-14)28-13-27-18/h3-12,17H,2,13H2,1H3,(H,25,26). The number of fused-ring (bicyclic) bond motifs is 2. The normalized spacial score (nSPS) is 13.6. The highest BCUT2D eigenvalue weighted by Crippen LogP contribution is 2.34. The lowest BCUT2D eigenvalue weighted by atomic mass is 10.1. The van der Waals surface area contributed by atoms with Gasteiger partial charge in [0.05, 0.1) is 10.7 Å². The van der Waals surface area contributed by atoms with E-state index in [0.717, 1.165) is 20.8 Å². The first-order chi connectivity index (χ1) is 14.2. The Morgan fingerprint density at radius 3 is 2.90 bits per heavy atom. The number of carbonyl (C=O) groups excluding carboxylic acids is 1. The Morgan fingerprint density at radius 1 is 1.21 bits per heavy atom. The summed E-state index contributed by atoms with van der Waals surface area (Å²) in [6, 6.07) is 17.3. The molecule has 0 saturated carbocycles. The van der Waals surface area contributed by atoms with Crippen molar-refractivity contribution in [2.75, 3.05) is 6.79 Å². The number of ether oxygens (including phenoxy) is 3. The van der Waals surface area contributed by atoms with Crippen LogP contribution in [0.5, 0.6) is 17.2 Å². The molecule has 0 fully saturated rings. The Hall–Kier alpha value is -3.06. The van der Waals surface area contributed by atoms with Crippen LogP contribution in [0.1, 0.15) is 18.9 Å². The van der Waals surface area contributed by atoms with Crippen molar-refractivity contribution in [1.82, 2.24) is 5.43 Å². The van der Waals surface area contributed by atoms with Gasteiger partial charge in [-0.1, -0.05) is 37.3 Å². The van der Waals surface area contributed by atoms with Crippen LogP contribution < -0.4 is 19.6 Å². The van der Waals surface area contributed by atoms with Gasteiger partial charge in [-0.2, -0.15) is 5.10 Å². The van der Waals surface area contributed by atoms with Gasteiger partial charge in [0.25, 0.3) is 5.91 Å². The Balaban J connectivity index is 1.42. The molecule has 0 saturated heterocycles. The molecule has 148 valence electrons. The first kappa shape index (κ1) is 19.3. The molecule has 0 aliphatic carbocycles. The number of hydrazone groups is 1. The number of rotatable bonds is 6. The smallest absolute Gasteiger partial charge is 0.281 e. The van der Waals surface area contributed by atoms with E-state index < -0.39 is 6.10 Å². The zero-order valence-corrected chi connectivity index (χ0v) is 17.3. The van der Waals surface area contributed by atoms with Crippen LogP contribution in [-0.4, -0.2) is 25.0 Å². The van der Waals surface area contributed by atoms with E-state index in [-0.39, 0.29) is 12.7 Å². The third-order valence-electron chi connectivity index (χ3n) is 4.55. The number of halogens is 1. The second kappa shape index (κ2) is 8.53. The summed E-state index contributed by atoms with van der Waals surface area (Å²) >= 11 is 3.59. The number of hydrogen-bond acceptors (Lipinski definition) is 5. The Kier molecular flexibility index (Phi) is 5.67. The van der Waals surface area contributed by atoms with Gasteiger partial charge in [-0.15, -0.1) is 0 Å². The van der Waals surface area contributed by atoms with Crippen molar-refractivity contribution >= 4 is 38.8 Å². The molecule has 1 N–H and O–H groups in total. The summed E-state index contributed by atoms with van der Waals surface area (Å²) in [6.45, 7) is 2.10. The molecule has 4 rings (SSSR count). The number of benzene rings is 3. The zero-order chi connectivity index (χ0) is 20.2. The molecule has 0 radical (unpaired) electrons. The van der Waals surface area contributed by atoms with Gasteiger partial charge in [-0.3, -0.25) is 4.79 Å². The lowest BCUT2D eigenvalue weighted by Crippen LogP contribution is -2.35. The molecule has 6 nitrogen and oxygen atoms in total. The van der Waals surface area contributed by atoms with Crippen molar-refractivity contribution in [3.8, 4) is 17.2 Å². The highest BCUT2D eigenvalue weighted by Gasteiger charge is 2.20. The molecule has 0 bridgehead atoms. The molecule has 1 unspecified atom stereocenters. The van der Waals surface area contributed by atoms with Crippen LogP contribution in [0.2, 0.25) is 0 Å². The molecule has 3 aromatic carbocycles. The molecule has 1 amide bonds. The highest BCUT2D eigenvalue weighted by molar-refractivity contribution is 9.10. The first-order valence-electron chi connectivity index (χ1n) is 9.22. The summed E-state index contributed by atoms with van der Waals surface area (Å²) in [7, 11) is 0. The molecule has 1 atom stereocenters. The van der Waals surface area contributed by atoms with Crippen molar-refractivity contribution in [2.45, 2.75) is 19.4 Å². The minimum Gasteiger partial charge on any atom is -0.479 e. The molecule has 1 heterocycles. The maximum absolute atomic E-state index is 12.5. The minimum atomic E-state index is -0.665. The van der Waals surface area contributed by atoms with Crippen molar-refractivity contribution in [2.24, 2.45) is 5.10 Å². The van der Waals surface area contributed by atoms with E-state index in [4.69, 9.17) is 14.2 Å². The van der Waals surface area contributed by atoms with E-state index in [1.54, 1.807) is 18.3 Å². The third kappa shape index (κ3) is 4.19. The zero-order valence-electron chi connectivity index (χ0n) is 15.7. The van der Waals surface area contributed by atoms with Crippen molar-refractivity contribution in [3.05, 3.63) is 64.6 Å². The topological polar surface area (TPSA) is 69.2 Å². The van der Waals surface area contributed by atoms with E-state index in [9.17, 15) is 4.79 Å². The van der Waals surface area contributed by atoms with E-state index in [2.05, 4.69) is 26.5 Å². The van der Waals surface area contributed by atoms with Crippen LogP contribution in [0, 0.1) is 0 Å². The van der Waals surface area contributed by atoms with Crippen LogP contribution in [0.4, 0.5) is 0 Å². The largest absolute Gasteiger partial charge is 0.479 e. The summed E-state index contributed by atoms with van der Waals surface area (Å²) in [5.41, 5.74) is 3.34. The average molecular weight is 455 g/mol. The number of nitrogens with one attached hydrogen (secondary N) is 1. The van der Waals surface area contributed by atoms with Crippen LogP contribution in [-0.2, 0) is 4.79 Å². The number of carbonyl (C=O) groups is 1. The lowest BCUT2D eigenvalue weighted by molar-refractivity contribution is -0.128. The minimum absolute atomic E-state index is 0.215. The predicted octanol–water partition coefficient (Wildman–Crippen LogP) is 4.64. The summed E-state index contributed by atoms with van der Waals surface area (Å²) in [6.07, 6.45) is 1.39. The molecule has 1 aliphatic rings. The van der Waals surface area contributed by atoms with E-state index >= 15 is 0 Å². The fourth-order valence-corrected chi connectivity index (χ4v) is 3.60. The number of hydrogen-bond donors (Lipinski definition) is 1. The molecule has 0 spiro atoms. The fraction of sp³-hybridized carbons (Fsp3) is 0.182. The Labute approximate surface area is 176 Å². The van der Waals surface area contributed by atoms with Gasteiger partial charge in [0.1, 0.15) is 5.75 Å². The molecular weight excluding hydrogens is 436 g/mol. The molecule has 0 aromatic heterocycles. The summed E-state index contributed by atoms with van der Waals surface area (Å²) in [5, 5.41) is 6.16. The van der Waals surface area contributed by atoms with Crippen molar-refractivity contribution < 1.29 is 19.0 Å². The molecule has 29 heavy (non-hydrogen) atoms. The summed E-state index contributed by atoms with van der Waals surface area (Å²) in [4.78, 5) is 12.5. The van der Waals surface area contributed by atoms with Crippen molar-refractivity contribution in [3.63, 3.8) is 0 Å². The molecule has 3 aromatic rings. The summed E-state index contributed by atoms with van der Waals surface area (Å²) < 4.78 is 17.4. The third-order valence-corrected chi connectivity index (χ3v) is 5.36. The molecular formula is C22H19BrN2O4. The van der Waals surface area contributed by atoms with Gasteiger partial charge in [0.2, 0.25) is 6.79 Å². The lowest BCUT2D eigenvalue weighted by Gasteiger charge is -2.17. The van der Waals surface area contributed by atoms with Gasteiger partial charge >= 0.3 is 0 Å². The Bertz CT molecular complexity index is 1080. The summed E-state index contributed by atoms with van der Waals surface area (Å²) in [5.74, 6) is 1.66. The van der Waals surface area contributed by atoms with Gasteiger partial charge in [-0.25, -0.2) is 5.43 Å². The first-order valence-corrected chi connectivity index (χ1v) is 10.0. The van der Waals surface area contributed by atoms with Crippen LogP contribution in [0.25, 0.3) is 10.8 Å². The second-order valence-corrected chi connectivity index (χ2v) is 7.25. The van der Waals surface area contributed by atoms with E-state index in [1.807, 2.05) is 49.4 Å². The maximum Gasteiger partial charge on any atom is 0.281 e. The van der Waals surface area contributed by atoms with Gasteiger partial charge in [0.15, 0.2) is 17.6 Å². The molecule has 7 heteroatoms. The fourth-order valence-electron chi connectivity index (χ4n) is 3.02. The number of amides is 1.